The van der Waals surface area contributed by atoms with Gasteiger partial charge < -0.3 is 9.88 Å². The number of nitrogens with zero attached hydrogens (tertiary/aromatic N) is 3. The number of carbonyl (C=O) groups excluding carboxylic acids is 1. The maximum atomic E-state index is 12.3. The van der Waals surface area contributed by atoms with Crippen molar-refractivity contribution in [1.82, 2.24) is 14.8 Å². The van der Waals surface area contributed by atoms with Crippen LogP contribution in [0.15, 0.2) is 29.4 Å². The standard InChI is InChI=1S/C21H30N4OS/c1-3-16-10-12-18(13-11-16)22-20(26)15-27-21-24-23-19(25(21)4-2)14-17-8-6-5-7-9-17/h10-13,17H,3-9,14-15H2,1-2H3,(H,22,26). The molecule has 1 aliphatic rings. The number of benzene rings is 1. The Morgan fingerprint density at radius 1 is 1.15 bits per heavy atom. The molecule has 1 aromatic heterocycles. The average molecular weight is 387 g/mol. The minimum atomic E-state index is -0.0104. The molecule has 3 rings (SSSR count). The minimum Gasteiger partial charge on any atom is -0.325 e. The van der Waals surface area contributed by atoms with Gasteiger partial charge in [-0.1, -0.05) is 62.9 Å². The fourth-order valence-corrected chi connectivity index (χ4v) is 4.52. The maximum absolute atomic E-state index is 12.3. The van der Waals surface area contributed by atoms with Gasteiger partial charge in [-0.25, -0.2) is 0 Å². The average Bonchev–Trinajstić information content (AvgIpc) is 3.09. The molecule has 0 saturated heterocycles. The first kappa shape index (κ1) is 19.9. The van der Waals surface area contributed by atoms with Crippen molar-refractivity contribution in [1.29, 1.82) is 0 Å². The van der Waals surface area contributed by atoms with Crippen LogP contribution >= 0.6 is 11.8 Å². The van der Waals surface area contributed by atoms with Crippen LogP contribution in [0.2, 0.25) is 0 Å². The van der Waals surface area contributed by atoms with Crippen molar-refractivity contribution in [2.75, 3.05) is 11.1 Å². The second-order valence-corrected chi connectivity index (χ2v) is 8.18. The molecule has 2 aromatic rings. The van der Waals surface area contributed by atoms with Crippen molar-refractivity contribution in [3.05, 3.63) is 35.7 Å². The normalized spacial score (nSPS) is 15.0. The molecule has 27 heavy (non-hydrogen) atoms. The Balaban J connectivity index is 1.54. The molecule has 1 heterocycles. The van der Waals surface area contributed by atoms with Gasteiger partial charge in [-0.15, -0.1) is 10.2 Å². The number of nitrogens with one attached hydrogen (secondary N) is 1. The Kier molecular flexibility index (Phi) is 7.33. The monoisotopic (exact) mass is 386 g/mol. The van der Waals surface area contributed by atoms with Gasteiger partial charge in [0.1, 0.15) is 5.82 Å². The summed E-state index contributed by atoms with van der Waals surface area (Å²) >= 11 is 1.47. The van der Waals surface area contributed by atoms with Crippen molar-refractivity contribution in [3.63, 3.8) is 0 Å². The molecule has 0 bridgehead atoms. The molecule has 0 radical (unpaired) electrons. The molecule has 0 aliphatic heterocycles. The molecule has 0 spiro atoms. The molecule has 0 unspecified atom stereocenters. The van der Waals surface area contributed by atoms with E-state index in [2.05, 4.69) is 33.9 Å². The summed E-state index contributed by atoms with van der Waals surface area (Å²) in [6, 6.07) is 8.01. The van der Waals surface area contributed by atoms with Crippen LogP contribution in [0.5, 0.6) is 0 Å². The first-order valence-electron chi connectivity index (χ1n) is 10.1. The first-order chi connectivity index (χ1) is 13.2. The predicted molar refractivity (Wildman–Crippen MR) is 111 cm³/mol. The van der Waals surface area contributed by atoms with Crippen LogP contribution in [0.1, 0.15) is 57.3 Å². The fourth-order valence-electron chi connectivity index (χ4n) is 3.69. The molecule has 1 fully saturated rings. The third-order valence-electron chi connectivity index (χ3n) is 5.28. The lowest BCUT2D eigenvalue weighted by Crippen LogP contribution is -2.15. The van der Waals surface area contributed by atoms with Gasteiger partial charge >= 0.3 is 0 Å². The maximum Gasteiger partial charge on any atom is 0.234 e. The van der Waals surface area contributed by atoms with Crippen LogP contribution in [-0.2, 0) is 24.2 Å². The zero-order chi connectivity index (χ0) is 19.1. The predicted octanol–water partition coefficient (Wildman–Crippen LogP) is 4.71. The molecular formula is C21H30N4OS. The SMILES string of the molecule is CCc1ccc(NC(=O)CSc2nnc(CC3CCCCC3)n2CC)cc1. The van der Waals surface area contributed by atoms with E-state index in [1.54, 1.807) is 0 Å². The summed E-state index contributed by atoms with van der Waals surface area (Å²) in [5.41, 5.74) is 2.11. The Bertz CT molecular complexity index is 735. The minimum absolute atomic E-state index is 0.0104. The van der Waals surface area contributed by atoms with E-state index in [-0.39, 0.29) is 5.91 Å². The lowest BCUT2D eigenvalue weighted by molar-refractivity contribution is -0.113. The van der Waals surface area contributed by atoms with Crippen LogP contribution in [-0.4, -0.2) is 26.4 Å². The van der Waals surface area contributed by atoms with Crippen molar-refractivity contribution in [2.45, 2.75) is 70.5 Å². The molecule has 146 valence electrons. The highest BCUT2D eigenvalue weighted by atomic mass is 32.2. The zero-order valence-electron chi connectivity index (χ0n) is 16.4. The molecular weight excluding hydrogens is 356 g/mol. The number of rotatable bonds is 8. The lowest BCUT2D eigenvalue weighted by Gasteiger charge is -2.21. The number of anilines is 1. The summed E-state index contributed by atoms with van der Waals surface area (Å²) in [6.45, 7) is 5.08. The summed E-state index contributed by atoms with van der Waals surface area (Å²) in [5, 5.41) is 12.6. The number of carbonyl (C=O) groups is 1. The third-order valence-corrected chi connectivity index (χ3v) is 6.25. The Hall–Kier alpha value is -1.82. The summed E-state index contributed by atoms with van der Waals surface area (Å²) in [6.07, 6.45) is 8.67. The Morgan fingerprint density at radius 2 is 1.89 bits per heavy atom. The van der Waals surface area contributed by atoms with Crippen molar-refractivity contribution < 1.29 is 4.79 Å². The number of thioether (sulfide) groups is 1. The van der Waals surface area contributed by atoms with Gasteiger partial charge in [0.05, 0.1) is 5.75 Å². The van der Waals surface area contributed by atoms with E-state index >= 15 is 0 Å². The van der Waals surface area contributed by atoms with E-state index < -0.39 is 0 Å². The van der Waals surface area contributed by atoms with Gasteiger partial charge in [0.25, 0.3) is 0 Å². The Morgan fingerprint density at radius 3 is 2.56 bits per heavy atom. The van der Waals surface area contributed by atoms with Gasteiger partial charge in [0.2, 0.25) is 5.91 Å². The van der Waals surface area contributed by atoms with Gasteiger partial charge in [-0.05, 0) is 37.0 Å². The van der Waals surface area contributed by atoms with E-state index in [0.717, 1.165) is 42.0 Å². The second-order valence-electron chi connectivity index (χ2n) is 7.24. The highest BCUT2D eigenvalue weighted by Crippen LogP contribution is 2.27. The Labute approximate surface area is 166 Å². The number of amides is 1. The van der Waals surface area contributed by atoms with Crippen LogP contribution in [0.3, 0.4) is 0 Å². The third kappa shape index (κ3) is 5.58. The summed E-state index contributed by atoms with van der Waals surface area (Å²) in [7, 11) is 0. The highest BCUT2D eigenvalue weighted by Gasteiger charge is 2.19. The molecule has 1 amide bonds. The van der Waals surface area contributed by atoms with Crippen molar-refractivity contribution >= 4 is 23.4 Å². The van der Waals surface area contributed by atoms with E-state index in [0.29, 0.717) is 5.75 Å². The summed E-state index contributed by atoms with van der Waals surface area (Å²) in [4.78, 5) is 12.3. The van der Waals surface area contributed by atoms with E-state index in [1.807, 2.05) is 24.3 Å². The highest BCUT2D eigenvalue weighted by molar-refractivity contribution is 7.99. The molecule has 1 N–H and O–H groups in total. The fraction of sp³-hybridized carbons (Fsp3) is 0.571. The topological polar surface area (TPSA) is 59.8 Å². The van der Waals surface area contributed by atoms with Crippen LogP contribution in [0, 0.1) is 5.92 Å². The van der Waals surface area contributed by atoms with Gasteiger partial charge in [0.15, 0.2) is 5.16 Å². The summed E-state index contributed by atoms with van der Waals surface area (Å²) in [5.74, 6) is 2.14. The smallest absolute Gasteiger partial charge is 0.234 e. The number of hydrogen-bond donors (Lipinski definition) is 1. The van der Waals surface area contributed by atoms with E-state index in [4.69, 9.17) is 0 Å². The largest absolute Gasteiger partial charge is 0.325 e. The van der Waals surface area contributed by atoms with E-state index in [9.17, 15) is 4.79 Å². The molecule has 0 atom stereocenters. The molecule has 1 aromatic carbocycles. The molecule has 1 saturated carbocycles. The van der Waals surface area contributed by atoms with Crippen LogP contribution < -0.4 is 5.32 Å². The van der Waals surface area contributed by atoms with Crippen LogP contribution in [0.4, 0.5) is 5.69 Å². The molecule has 6 heteroatoms. The molecule has 5 nitrogen and oxygen atoms in total. The summed E-state index contributed by atoms with van der Waals surface area (Å²) < 4.78 is 2.17. The van der Waals surface area contributed by atoms with Crippen LogP contribution in [0.25, 0.3) is 0 Å². The number of aryl methyl sites for hydroxylation is 1. The lowest BCUT2D eigenvalue weighted by atomic mass is 9.87. The van der Waals surface area contributed by atoms with Crippen molar-refractivity contribution in [3.8, 4) is 0 Å². The second kappa shape index (κ2) is 9.93. The van der Waals surface area contributed by atoms with Gasteiger partial charge in [-0.3, -0.25) is 4.79 Å². The zero-order valence-corrected chi connectivity index (χ0v) is 17.2. The van der Waals surface area contributed by atoms with E-state index in [1.165, 1.54) is 49.4 Å². The van der Waals surface area contributed by atoms with Gasteiger partial charge in [0, 0.05) is 18.7 Å². The quantitative estimate of drug-likeness (QED) is 0.667. The molecule has 1 aliphatic carbocycles. The van der Waals surface area contributed by atoms with Crippen molar-refractivity contribution in [2.24, 2.45) is 5.92 Å². The first-order valence-corrected chi connectivity index (χ1v) is 11.1. The van der Waals surface area contributed by atoms with Gasteiger partial charge in [-0.2, -0.15) is 0 Å². The number of aromatic nitrogens is 3. The number of hydrogen-bond acceptors (Lipinski definition) is 4.